The lowest BCUT2D eigenvalue weighted by Gasteiger charge is -2.12. The summed E-state index contributed by atoms with van der Waals surface area (Å²) < 4.78 is 15.1. The summed E-state index contributed by atoms with van der Waals surface area (Å²) in [6.07, 6.45) is 2.56. The predicted molar refractivity (Wildman–Crippen MR) is 80.3 cm³/mol. The molecule has 0 atom stereocenters. The van der Waals surface area contributed by atoms with Crippen LogP contribution in [-0.4, -0.2) is 37.4 Å². The number of nitrogens with zero attached hydrogens (tertiary/aromatic N) is 1. The van der Waals surface area contributed by atoms with Crippen molar-refractivity contribution in [2.24, 2.45) is 5.10 Å². The Bertz CT molecular complexity index is 737. The summed E-state index contributed by atoms with van der Waals surface area (Å²) >= 11 is 0. The number of hydrogen-bond donors (Lipinski definition) is 2. The van der Waals surface area contributed by atoms with Gasteiger partial charge in [0, 0.05) is 5.56 Å². The molecule has 0 bridgehead atoms. The highest BCUT2D eigenvalue weighted by atomic mass is 16.5. The van der Waals surface area contributed by atoms with E-state index in [4.69, 9.17) is 13.9 Å². The average molecular weight is 318 g/mol. The maximum Gasteiger partial charge on any atom is 0.340 e. The van der Waals surface area contributed by atoms with Crippen LogP contribution in [-0.2, 0) is 0 Å². The first-order chi connectivity index (χ1) is 11.1. The van der Waals surface area contributed by atoms with Gasteiger partial charge >= 0.3 is 11.9 Å². The molecular formula is C15H14N2O6. The van der Waals surface area contributed by atoms with E-state index in [2.05, 4.69) is 10.5 Å². The lowest BCUT2D eigenvalue weighted by atomic mass is 10.1. The molecule has 1 aromatic heterocycles. The van der Waals surface area contributed by atoms with E-state index in [1.807, 2.05) is 0 Å². The van der Waals surface area contributed by atoms with E-state index in [-0.39, 0.29) is 28.4 Å². The summed E-state index contributed by atoms with van der Waals surface area (Å²) in [5.74, 6) is -1.32. The smallest absolute Gasteiger partial charge is 0.340 e. The number of furan rings is 1. The Morgan fingerprint density at radius 3 is 2.61 bits per heavy atom. The maximum atomic E-state index is 11.7. The minimum Gasteiger partial charge on any atom is -0.493 e. The van der Waals surface area contributed by atoms with Gasteiger partial charge in [-0.3, -0.25) is 4.79 Å². The summed E-state index contributed by atoms with van der Waals surface area (Å²) in [4.78, 5) is 23.1. The molecule has 0 fully saturated rings. The predicted octanol–water partition coefficient (Wildman–Crippen LogP) is 1.76. The molecule has 0 aliphatic rings. The molecule has 1 aromatic carbocycles. The average Bonchev–Trinajstić information content (AvgIpc) is 3.08. The first-order valence-electron chi connectivity index (χ1n) is 6.43. The number of carboxylic acids is 1. The second-order valence-electron chi connectivity index (χ2n) is 4.25. The van der Waals surface area contributed by atoms with Gasteiger partial charge in [-0.1, -0.05) is 0 Å². The zero-order valence-corrected chi connectivity index (χ0v) is 12.4. The third-order valence-corrected chi connectivity index (χ3v) is 2.91. The topological polar surface area (TPSA) is 110 Å². The van der Waals surface area contributed by atoms with E-state index in [9.17, 15) is 14.7 Å². The molecule has 0 saturated carbocycles. The van der Waals surface area contributed by atoms with Crippen LogP contribution in [0.3, 0.4) is 0 Å². The summed E-state index contributed by atoms with van der Waals surface area (Å²) in [5.41, 5.74) is 2.36. The fraction of sp³-hybridized carbons (Fsp3) is 0.133. The van der Waals surface area contributed by atoms with Gasteiger partial charge in [0.25, 0.3) is 0 Å². The van der Waals surface area contributed by atoms with Crippen LogP contribution in [0, 0.1) is 0 Å². The third kappa shape index (κ3) is 3.49. The molecule has 0 aliphatic carbocycles. The van der Waals surface area contributed by atoms with Crippen molar-refractivity contribution in [3.8, 4) is 11.5 Å². The zero-order chi connectivity index (χ0) is 16.8. The number of rotatable bonds is 6. The Hall–Kier alpha value is -3.29. The highest BCUT2D eigenvalue weighted by molar-refractivity contribution is 6.02. The van der Waals surface area contributed by atoms with Crippen LogP contribution in [0.15, 0.2) is 40.0 Å². The van der Waals surface area contributed by atoms with Gasteiger partial charge in [0.15, 0.2) is 17.3 Å². The SMILES string of the molecule is COc1ccc(/C=N\NC(=O)c2ccco2)c(C(=O)O)c1OC. The van der Waals surface area contributed by atoms with Crippen molar-refractivity contribution in [1.29, 1.82) is 0 Å². The fourth-order valence-corrected chi connectivity index (χ4v) is 1.89. The van der Waals surface area contributed by atoms with Crippen molar-refractivity contribution >= 4 is 18.1 Å². The van der Waals surface area contributed by atoms with Crippen molar-refractivity contribution in [2.75, 3.05) is 14.2 Å². The number of aromatic carboxylic acids is 1. The van der Waals surface area contributed by atoms with Gasteiger partial charge in [0.2, 0.25) is 0 Å². The monoisotopic (exact) mass is 318 g/mol. The summed E-state index contributed by atoms with van der Waals surface area (Å²) in [7, 11) is 2.74. The Labute approximate surface area is 131 Å². The Morgan fingerprint density at radius 2 is 2.04 bits per heavy atom. The van der Waals surface area contributed by atoms with Gasteiger partial charge in [-0.05, 0) is 24.3 Å². The molecule has 0 spiro atoms. The highest BCUT2D eigenvalue weighted by Gasteiger charge is 2.20. The lowest BCUT2D eigenvalue weighted by Crippen LogP contribution is -2.17. The molecule has 0 radical (unpaired) electrons. The molecule has 0 unspecified atom stereocenters. The number of carbonyl (C=O) groups is 2. The highest BCUT2D eigenvalue weighted by Crippen LogP contribution is 2.32. The minimum atomic E-state index is -1.21. The number of benzene rings is 1. The molecule has 0 saturated heterocycles. The van der Waals surface area contributed by atoms with Gasteiger partial charge in [-0.15, -0.1) is 0 Å². The number of hydrogen-bond acceptors (Lipinski definition) is 6. The van der Waals surface area contributed by atoms with Crippen molar-refractivity contribution in [3.63, 3.8) is 0 Å². The lowest BCUT2D eigenvalue weighted by molar-refractivity contribution is 0.0692. The molecule has 2 N–H and O–H groups in total. The molecule has 8 nitrogen and oxygen atoms in total. The molecule has 8 heteroatoms. The van der Waals surface area contributed by atoms with Crippen molar-refractivity contribution in [1.82, 2.24) is 5.43 Å². The Balaban J connectivity index is 2.27. The fourth-order valence-electron chi connectivity index (χ4n) is 1.89. The minimum absolute atomic E-state index is 0.0707. The zero-order valence-electron chi connectivity index (χ0n) is 12.4. The first kappa shape index (κ1) is 16.1. The number of methoxy groups -OCH3 is 2. The van der Waals surface area contributed by atoms with Crippen LogP contribution in [0.25, 0.3) is 0 Å². The molecule has 120 valence electrons. The van der Waals surface area contributed by atoms with Crippen molar-refractivity contribution in [2.45, 2.75) is 0 Å². The summed E-state index contributed by atoms with van der Waals surface area (Å²) in [6.45, 7) is 0. The largest absolute Gasteiger partial charge is 0.493 e. The van der Waals surface area contributed by atoms with E-state index in [0.29, 0.717) is 0 Å². The normalized spacial score (nSPS) is 10.5. The summed E-state index contributed by atoms with van der Waals surface area (Å²) in [6, 6.07) is 6.08. The number of carbonyl (C=O) groups excluding carboxylic acids is 1. The van der Waals surface area contributed by atoms with Crippen LogP contribution in [0.4, 0.5) is 0 Å². The van der Waals surface area contributed by atoms with Crippen molar-refractivity contribution < 1.29 is 28.6 Å². The van der Waals surface area contributed by atoms with E-state index >= 15 is 0 Å². The number of hydrazone groups is 1. The van der Waals surface area contributed by atoms with Gasteiger partial charge in [-0.25, -0.2) is 10.2 Å². The molecule has 1 heterocycles. The molecule has 2 aromatic rings. The molecule has 1 amide bonds. The van der Waals surface area contributed by atoms with Gasteiger partial charge in [0.05, 0.1) is 26.7 Å². The maximum absolute atomic E-state index is 11.7. The van der Waals surface area contributed by atoms with Gasteiger partial charge in [-0.2, -0.15) is 5.10 Å². The third-order valence-electron chi connectivity index (χ3n) is 2.91. The second kappa shape index (κ2) is 7.12. The van der Waals surface area contributed by atoms with E-state index in [0.717, 1.165) is 0 Å². The van der Waals surface area contributed by atoms with Crippen LogP contribution in [0.5, 0.6) is 11.5 Å². The van der Waals surface area contributed by atoms with Crippen LogP contribution in [0.1, 0.15) is 26.5 Å². The van der Waals surface area contributed by atoms with Gasteiger partial charge < -0.3 is 19.0 Å². The molecule has 23 heavy (non-hydrogen) atoms. The van der Waals surface area contributed by atoms with E-state index in [1.165, 1.54) is 38.8 Å². The molecule has 0 aliphatic heterocycles. The standard InChI is InChI=1S/C15H14N2O6/c1-21-10-6-5-9(12(15(19)20)13(10)22-2)8-16-17-14(18)11-4-3-7-23-11/h3-8H,1-2H3,(H,17,18)(H,19,20)/b16-8-. The van der Waals surface area contributed by atoms with Crippen LogP contribution < -0.4 is 14.9 Å². The summed E-state index contributed by atoms with van der Waals surface area (Å²) in [5, 5.41) is 13.1. The molecule has 2 rings (SSSR count). The van der Waals surface area contributed by atoms with Crippen molar-refractivity contribution in [3.05, 3.63) is 47.4 Å². The molecular weight excluding hydrogens is 304 g/mol. The number of carboxylic acid groups (broad SMARTS) is 1. The number of amides is 1. The second-order valence-corrected chi connectivity index (χ2v) is 4.25. The van der Waals surface area contributed by atoms with Crippen LogP contribution >= 0.6 is 0 Å². The Kier molecular flexibility index (Phi) is 4.98. The van der Waals surface area contributed by atoms with Crippen LogP contribution in [0.2, 0.25) is 0 Å². The number of ether oxygens (including phenoxy) is 2. The Morgan fingerprint density at radius 1 is 1.26 bits per heavy atom. The van der Waals surface area contributed by atoms with Gasteiger partial charge in [0.1, 0.15) is 5.56 Å². The first-order valence-corrected chi connectivity index (χ1v) is 6.43. The van der Waals surface area contributed by atoms with E-state index in [1.54, 1.807) is 12.1 Å². The number of nitrogens with one attached hydrogen (secondary N) is 1. The quantitative estimate of drug-likeness (QED) is 0.620. The van der Waals surface area contributed by atoms with E-state index < -0.39 is 11.9 Å².